The molecule has 0 aliphatic carbocycles. The summed E-state index contributed by atoms with van der Waals surface area (Å²) in [7, 11) is 1.60. The van der Waals surface area contributed by atoms with Gasteiger partial charge < -0.3 is 15.3 Å². The van der Waals surface area contributed by atoms with Gasteiger partial charge in [0.2, 0.25) is 0 Å². The maximum absolute atomic E-state index is 12.0. The van der Waals surface area contributed by atoms with Crippen LogP contribution in [0.15, 0.2) is 53.0 Å². The maximum atomic E-state index is 12.0. The van der Waals surface area contributed by atoms with Crippen LogP contribution in [0.5, 0.6) is 5.75 Å². The van der Waals surface area contributed by atoms with Crippen molar-refractivity contribution in [1.82, 2.24) is 5.48 Å². The highest BCUT2D eigenvalue weighted by Crippen LogP contribution is 2.18. The minimum absolute atomic E-state index is 0.430. The Labute approximate surface area is 137 Å². The number of ether oxygens (including phenoxy) is 1. The second-order valence-corrected chi connectivity index (χ2v) is 5.46. The Bertz CT molecular complexity index is 649. The van der Waals surface area contributed by atoms with Gasteiger partial charge in [0, 0.05) is 10.9 Å². The van der Waals surface area contributed by atoms with E-state index in [1.54, 1.807) is 25.3 Å². The van der Waals surface area contributed by atoms with E-state index in [0.717, 1.165) is 11.3 Å². The number of rotatable bonds is 6. The highest BCUT2D eigenvalue weighted by atomic mass is 79.9. The molecule has 2 aromatic rings. The third-order valence-electron chi connectivity index (χ3n) is 3.03. The summed E-state index contributed by atoms with van der Waals surface area (Å²) in [6.45, 7) is 0. The molecule has 0 aliphatic rings. The molecule has 0 bridgehead atoms. The van der Waals surface area contributed by atoms with Crippen LogP contribution in [0.3, 0.4) is 0 Å². The Balaban J connectivity index is 1.91. The van der Waals surface area contributed by atoms with Crippen molar-refractivity contribution >= 4 is 21.9 Å². The highest BCUT2D eigenvalue weighted by molar-refractivity contribution is 9.10. The zero-order chi connectivity index (χ0) is 15.9. The van der Waals surface area contributed by atoms with Crippen LogP contribution in [0.2, 0.25) is 0 Å². The molecule has 5 nitrogen and oxygen atoms in total. The predicted octanol–water partition coefficient (Wildman–Crippen LogP) is 2.65. The lowest BCUT2D eigenvalue weighted by Gasteiger charge is -2.15. The van der Waals surface area contributed by atoms with Gasteiger partial charge in [0.25, 0.3) is 0 Å². The molecule has 0 spiro atoms. The molecule has 0 radical (unpaired) electrons. The fourth-order valence-corrected chi connectivity index (χ4v) is 2.41. The maximum Gasteiger partial charge on any atom is 0.358 e. The zero-order valence-electron chi connectivity index (χ0n) is 12.1. The first kappa shape index (κ1) is 16.5. The molecule has 0 saturated carbocycles. The standard InChI is InChI=1S/C16H17BrN2O3/c1-21-14-9-5-2-6-11(14)10-15(18)19-22-16(20)12-7-3-4-8-13(12)17/h2-9,15,19H,10,18H2,1H3. The molecule has 0 amide bonds. The van der Waals surface area contributed by atoms with E-state index in [4.69, 9.17) is 15.3 Å². The zero-order valence-corrected chi connectivity index (χ0v) is 13.7. The summed E-state index contributed by atoms with van der Waals surface area (Å²) in [6, 6.07) is 14.6. The molecule has 0 aromatic heterocycles. The molecule has 3 N–H and O–H groups in total. The largest absolute Gasteiger partial charge is 0.496 e. The molecular formula is C16H17BrN2O3. The average Bonchev–Trinajstić information content (AvgIpc) is 2.53. The van der Waals surface area contributed by atoms with Crippen molar-refractivity contribution in [3.05, 3.63) is 64.1 Å². The van der Waals surface area contributed by atoms with Crippen molar-refractivity contribution in [3.8, 4) is 5.75 Å². The topological polar surface area (TPSA) is 73.6 Å². The lowest BCUT2D eigenvalue weighted by molar-refractivity contribution is 0.0158. The number of methoxy groups -OCH3 is 1. The fraction of sp³-hybridized carbons (Fsp3) is 0.188. The first-order chi connectivity index (χ1) is 10.6. The van der Waals surface area contributed by atoms with Crippen LogP contribution in [-0.2, 0) is 11.3 Å². The van der Waals surface area contributed by atoms with E-state index in [0.29, 0.717) is 16.5 Å². The summed E-state index contributed by atoms with van der Waals surface area (Å²) >= 11 is 3.30. The summed E-state index contributed by atoms with van der Waals surface area (Å²) in [5.41, 5.74) is 9.86. The van der Waals surface area contributed by atoms with Crippen LogP contribution in [0, 0.1) is 0 Å². The number of benzene rings is 2. The molecule has 1 atom stereocenters. The molecule has 116 valence electrons. The van der Waals surface area contributed by atoms with Gasteiger partial charge in [-0.1, -0.05) is 30.3 Å². The lowest BCUT2D eigenvalue weighted by Crippen LogP contribution is -2.40. The van der Waals surface area contributed by atoms with Gasteiger partial charge in [-0.15, -0.1) is 5.48 Å². The van der Waals surface area contributed by atoms with E-state index in [-0.39, 0.29) is 0 Å². The van der Waals surface area contributed by atoms with Gasteiger partial charge >= 0.3 is 5.97 Å². The van der Waals surface area contributed by atoms with Crippen LogP contribution in [0.1, 0.15) is 15.9 Å². The van der Waals surface area contributed by atoms with Crippen LogP contribution in [0.25, 0.3) is 0 Å². The number of hydrogen-bond donors (Lipinski definition) is 2. The normalized spacial score (nSPS) is 11.8. The van der Waals surface area contributed by atoms with E-state index >= 15 is 0 Å². The van der Waals surface area contributed by atoms with Crippen molar-refractivity contribution in [2.24, 2.45) is 5.73 Å². The summed E-state index contributed by atoms with van der Waals surface area (Å²) in [6.07, 6.45) is -0.0736. The Kier molecular flexibility index (Phi) is 5.94. The van der Waals surface area contributed by atoms with E-state index in [1.165, 1.54) is 0 Å². The van der Waals surface area contributed by atoms with Gasteiger partial charge in [-0.3, -0.25) is 0 Å². The molecule has 0 saturated heterocycles. The molecule has 0 fully saturated rings. The van der Waals surface area contributed by atoms with Crippen molar-refractivity contribution in [2.75, 3.05) is 7.11 Å². The second-order valence-electron chi connectivity index (χ2n) is 4.61. The third-order valence-corrected chi connectivity index (χ3v) is 3.72. The van der Waals surface area contributed by atoms with Gasteiger partial charge in [-0.25, -0.2) is 4.79 Å². The van der Waals surface area contributed by atoms with Gasteiger partial charge in [0.05, 0.1) is 18.8 Å². The SMILES string of the molecule is COc1ccccc1CC(N)NOC(=O)c1ccccc1Br. The Morgan fingerprint density at radius 1 is 1.23 bits per heavy atom. The van der Waals surface area contributed by atoms with Crippen molar-refractivity contribution in [1.29, 1.82) is 0 Å². The highest BCUT2D eigenvalue weighted by Gasteiger charge is 2.14. The summed E-state index contributed by atoms with van der Waals surface area (Å²) in [5.74, 6) is 0.250. The van der Waals surface area contributed by atoms with Gasteiger partial charge in [0.1, 0.15) is 5.75 Å². The summed E-state index contributed by atoms with van der Waals surface area (Å²) < 4.78 is 5.93. The first-order valence-electron chi connectivity index (χ1n) is 6.70. The Morgan fingerprint density at radius 2 is 1.91 bits per heavy atom. The van der Waals surface area contributed by atoms with Gasteiger partial charge in [-0.2, -0.15) is 0 Å². The minimum Gasteiger partial charge on any atom is -0.496 e. The molecule has 2 aromatic carbocycles. The minimum atomic E-state index is -0.539. The van der Waals surface area contributed by atoms with Crippen LogP contribution in [-0.4, -0.2) is 19.2 Å². The number of nitrogens with one attached hydrogen (secondary N) is 1. The third kappa shape index (κ3) is 4.30. The summed E-state index contributed by atoms with van der Waals surface area (Å²) in [4.78, 5) is 17.0. The van der Waals surface area contributed by atoms with Gasteiger partial charge in [-0.05, 0) is 39.7 Å². The Morgan fingerprint density at radius 3 is 2.64 bits per heavy atom. The monoisotopic (exact) mass is 364 g/mol. The molecule has 0 heterocycles. The molecule has 0 aliphatic heterocycles. The lowest BCUT2D eigenvalue weighted by atomic mass is 10.1. The summed E-state index contributed by atoms with van der Waals surface area (Å²) in [5, 5.41) is 0. The quantitative estimate of drug-likeness (QED) is 0.608. The van der Waals surface area contributed by atoms with Crippen molar-refractivity contribution in [3.63, 3.8) is 0 Å². The van der Waals surface area contributed by atoms with Crippen molar-refractivity contribution < 1.29 is 14.4 Å². The number of para-hydroxylation sites is 1. The fourth-order valence-electron chi connectivity index (χ4n) is 1.96. The van der Waals surface area contributed by atoms with Crippen LogP contribution < -0.4 is 16.0 Å². The smallest absolute Gasteiger partial charge is 0.358 e. The number of carbonyl (C=O) groups excluding carboxylic acids is 1. The van der Waals surface area contributed by atoms with Crippen LogP contribution in [0.4, 0.5) is 0 Å². The van der Waals surface area contributed by atoms with E-state index in [1.807, 2.05) is 30.3 Å². The van der Waals surface area contributed by atoms with Crippen LogP contribution >= 0.6 is 15.9 Å². The molecule has 2 rings (SSSR count). The van der Waals surface area contributed by atoms with E-state index < -0.39 is 12.1 Å². The second kappa shape index (κ2) is 7.93. The van der Waals surface area contributed by atoms with E-state index in [9.17, 15) is 4.79 Å². The number of hydrogen-bond acceptors (Lipinski definition) is 5. The Hall–Kier alpha value is -1.89. The molecule has 1 unspecified atom stereocenters. The van der Waals surface area contributed by atoms with Crippen molar-refractivity contribution in [2.45, 2.75) is 12.6 Å². The average molecular weight is 365 g/mol. The van der Waals surface area contributed by atoms with E-state index in [2.05, 4.69) is 21.4 Å². The predicted molar refractivity (Wildman–Crippen MR) is 87.4 cm³/mol. The molecule has 6 heteroatoms. The molecule has 22 heavy (non-hydrogen) atoms. The number of halogens is 1. The molecular weight excluding hydrogens is 348 g/mol. The number of carbonyl (C=O) groups is 1. The first-order valence-corrected chi connectivity index (χ1v) is 7.50. The van der Waals surface area contributed by atoms with Gasteiger partial charge in [0.15, 0.2) is 0 Å². The number of hydroxylamine groups is 1. The number of nitrogens with two attached hydrogens (primary N) is 1.